The van der Waals surface area contributed by atoms with E-state index in [1.807, 2.05) is 48.5 Å². The van der Waals surface area contributed by atoms with Crippen LogP contribution < -0.4 is 14.2 Å². The Morgan fingerprint density at radius 1 is 0.711 bits per heavy atom. The zero-order valence-corrected chi connectivity index (χ0v) is 21.1. The summed E-state index contributed by atoms with van der Waals surface area (Å²) in [4.78, 5) is 21.3. The third kappa shape index (κ3) is 4.74. The number of aromatic amines is 1. The fourth-order valence-corrected chi connectivity index (χ4v) is 4.29. The summed E-state index contributed by atoms with van der Waals surface area (Å²) < 4.78 is 29.9. The van der Waals surface area contributed by atoms with Crippen molar-refractivity contribution >= 4 is 5.78 Å². The highest BCUT2D eigenvalue weighted by molar-refractivity contribution is 6.09. The van der Waals surface area contributed by atoms with Gasteiger partial charge in [0, 0.05) is 28.3 Å². The van der Waals surface area contributed by atoms with Crippen LogP contribution in [0.25, 0.3) is 33.9 Å². The van der Waals surface area contributed by atoms with Gasteiger partial charge in [0.1, 0.15) is 17.4 Å². The monoisotopic (exact) mass is 508 g/mol. The molecule has 1 heterocycles. The number of benzene rings is 4. The van der Waals surface area contributed by atoms with Gasteiger partial charge in [0.2, 0.25) is 0 Å². The molecule has 5 rings (SSSR count). The molecule has 1 N–H and O–H groups in total. The minimum absolute atomic E-state index is 0.180. The van der Waals surface area contributed by atoms with E-state index in [4.69, 9.17) is 19.2 Å². The summed E-state index contributed by atoms with van der Waals surface area (Å²) in [6.45, 7) is 0. The summed E-state index contributed by atoms with van der Waals surface area (Å²) in [5, 5.41) is 0. The minimum atomic E-state index is -0.383. The largest absolute Gasteiger partial charge is 0.496 e. The number of ketones is 1. The molecular formula is C31H25FN2O4. The van der Waals surface area contributed by atoms with E-state index < -0.39 is 0 Å². The van der Waals surface area contributed by atoms with E-state index in [1.54, 1.807) is 39.5 Å². The molecular weight excluding hydrogens is 483 g/mol. The van der Waals surface area contributed by atoms with E-state index in [9.17, 15) is 9.18 Å². The number of halogens is 1. The molecule has 190 valence electrons. The number of imidazole rings is 1. The fourth-order valence-electron chi connectivity index (χ4n) is 4.29. The lowest BCUT2D eigenvalue weighted by molar-refractivity contribution is 0.103. The summed E-state index contributed by atoms with van der Waals surface area (Å²) in [7, 11) is 4.73. The maximum Gasteiger partial charge on any atom is 0.193 e. The topological polar surface area (TPSA) is 73.4 Å². The van der Waals surface area contributed by atoms with Crippen molar-refractivity contribution in [3.8, 4) is 51.2 Å². The van der Waals surface area contributed by atoms with E-state index in [-0.39, 0.29) is 11.6 Å². The molecule has 1 aromatic heterocycles. The molecule has 0 radical (unpaired) electrons. The standard InChI is InChI=1S/C31H25FN2O4/c1-36-25-18-27(38-3)26(37-2)17-24(25)31-33-28(19-7-5-4-6-8-19)29(34-31)20-9-11-21(12-10-20)30(35)22-13-15-23(32)16-14-22/h4-18H,1-3H3,(H,33,34). The summed E-state index contributed by atoms with van der Waals surface area (Å²) in [6, 6.07) is 26.2. The van der Waals surface area contributed by atoms with Crippen LogP contribution >= 0.6 is 0 Å². The molecule has 0 bridgehead atoms. The molecule has 0 atom stereocenters. The van der Waals surface area contributed by atoms with Crippen LogP contribution in [0.2, 0.25) is 0 Å². The average molecular weight is 509 g/mol. The van der Waals surface area contributed by atoms with Crippen molar-refractivity contribution in [2.24, 2.45) is 0 Å². The molecule has 5 aromatic rings. The molecule has 0 unspecified atom stereocenters. The molecule has 38 heavy (non-hydrogen) atoms. The second kappa shape index (κ2) is 10.6. The number of rotatable bonds is 8. The molecule has 7 heteroatoms. The number of carbonyl (C=O) groups excluding carboxylic acids is 1. The number of carbonyl (C=O) groups is 1. The van der Waals surface area contributed by atoms with Crippen LogP contribution in [0.15, 0.2) is 91.0 Å². The average Bonchev–Trinajstić information content (AvgIpc) is 3.42. The Bertz CT molecular complexity index is 1580. The fraction of sp³-hybridized carbons (Fsp3) is 0.0968. The first-order chi connectivity index (χ1) is 18.5. The van der Waals surface area contributed by atoms with Gasteiger partial charge in [0.05, 0.1) is 38.3 Å². The summed E-state index contributed by atoms with van der Waals surface area (Å²) in [5.41, 5.74) is 4.93. The molecule has 0 amide bonds. The van der Waals surface area contributed by atoms with Crippen molar-refractivity contribution in [1.29, 1.82) is 0 Å². The van der Waals surface area contributed by atoms with Gasteiger partial charge >= 0.3 is 0 Å². The van der Waals surface area contributed by atoms with Crippen LogP contribution in [0.1, 0.15) is 15.9 Å². The Labute approximate surface area is 219 Å². The van der Waals surface area contributed by atoms with E-state index in [0.717, 1.165) is 22.5 Å². The number of nitrogens with zero attached hydrogens (tertiary/aromatic N) is 1. The number of aromatic nitrogens is 2. The zero-order valence-electron chi connectivity index (χ0n) is 21.1. The Balaban J connectivity index is 1.60. The van der Waals surface area contributed by atoms with E-state index >= 15 is 0 Å². The first-order valence-electron chi connectivity index (χ1n) is 11.9. The van der Waals surface area contributed by atoms with Crippen LogP contribution in [0.3, 0.4) is 0 Å². The maximum atomic E-state index is 13.3. The molecule has 0 fully saturated rings. The lowest BCUT2D eigenvalue weighted by atomic mass is 10.00. The van der Waals surface area contributed by atoms with Crippen molar-refractivity contribution in [3.63, 3.8) is 0 Å². The van der Waals surface area contributed by atoms with Gasteiger partial charge in [-0.15, -0.1) is 0 Å². The number of ether oxygens (including phenoxy) is 3. The predicted molar refractivity (Wildman–Crippen MR) is 144 cm³/mol. The second-order valence-corrected chi connectivity index (χ2v) is 8.50. The van der Waals surface area contributed by atoms with Crippen LogP contribution in [0, 0.1) is 5.82 Å². The molecule has 0 aliphatic carbocycles. The Morgan fingerprint density at radius 2 is 1.29 bits per heavy atom. The lowest BCUT2D eigenvalue weighted by Crippen LogP contribution is -2.01. The highest BCUT2D eigenvalue weighted by atomic mass is 19.1. The van der Waals surface area contributed by atoms with Gasteiger partial charge in [-0.3, -0.25) is 4.79 Å². The molecule has 6 nitrogen and oxygen atoms in total. The normalized spacial score (nSPS) is 10.7. The second-order valence-electron chi connectivity index (χ2n) is 8.50. The highest BCUT2D eigenvalue weighted by Gasteiger charge is 2.20. The van der Waals surface area contributed by atoms with Crippen molar-refractivity contribution < 1.29 is 23.4 Å². The van der Waals surface area contributed by atoms with Crippen LogP contribution in [-0.4, -0.2) is 37.1 Å². The molecule has 0 spiro atoms. The van der Waals surface area contributed by atoms with Crippen molar-refractivity contribution in [2.75, 3.05) is 21.3 Å². The van der Waals surface area contributed by atoms with E-state index in [1.165, 1.54) is 24.3 Å². The van der Waals surface area contributed by atoms with Crippen LogP contribution in [-0.2, 0) is 0 Å². The summed E-state index contributed by atoms with van der Waals surface area (Å²) >= 11 is 0. The number of hydrogen-bond acceptors (Lipinski definition) is 5. The van der Waals surface area contributed by atoms with Gasteiger partial charge in [0.15, 0.2) is 17.3 Å². The third-order valence-corrected chi connectivity index (χ3v) is 6.25. The molecule has 0 saturated carbocycles. The summed E-state index contributed by atoms with van der Waals surface area (Å²) in [6.07, 6.45) is 0. The SMILES string of the molecule is COc1cc(OC)c(-c2nc(-c3ccccc3)c(-c3ccc(C(=O)c4ccc(F)cc4)cc3)[nH]2)cc1OC. The Hall–Kier alpha value is -4.91. The number of methoxy groups -OCH3 is 3. The smallest absolute Gasteiger partial charge is 0.193 e. The van der Waals surface area contributed by atoms with Gasteiger partial charge < -0.3 is 19.2 Å². The van der Waals surface area contributed by atoms with E-state index in [0.29, 0.717) is 39.8 Å². The molecule has 4 aromatic carbocycles. The van der Waals surface area contributed by atoms with Crippen LogP contribution in [0.4, 0.5) is 4.39 Å². The van der Waals surface area contributed by atoms with Crippen molar-refractivity contribution in [2.45, 2.75) is 0 Å². The third-order valence-electron chi connectivity index (χ3n) is 6.25. The highest BCUT2D eigenvalue weighted by Crippen LogP contribution is 2.41. The number of nitrogens with one attached hydrogen (secondary N) is 1. The molecule has 0 saturated heterocycles. The van der Waals surface area contributed by atoms with Gasteiger partial charge in [-0.25, -0.2) is 9.37 Å². The first-order valence-corrected chi connectivity index (χ1v) is 11.9. The van der Waals surface area contributed by atoms with Gasteiger partial charge in [0.25, 0.3) is 0 Å². The summed E-state index contributed by atoms with van der Waals surface area (Å²) in [5.74, 6) is 1.69. The van der Waals surface area contributed by atoms with Gasteiger partial charge in [-0.1, -0.05) is 54.6 Å². The number of hydrogen-bond donors (Lipinski definition) is 1. The van der Waals surface area contributed by atoms with E-state index in [2.05, 4.69) is 4.98 Å². The van der Waals surface area contributed by atoms with Gasteiger partial charge in [-0.05, 0) is 30.3 Å². The molecule has 0 aliphatic heterocycles. The van der Waals surface area contributed by atoms with Crippen LogP contribution in [0.5, 0.6) is 17.2 Å². The Kier molecular flexibility index (Phi) is 6.91. The number of H-pyrrole nitrogens is 1. The lowest BCUT2D eigenvalue weighted by Gasteiger charge is -2.12. The predicted octanol–water partition coefficient (Wildman–Crippen LogP) is 6.81. The van der Waals surface area contributed by atoms with Crippen molar-refractivity contribution in [3.05, 3.63) is 108 Å². The van der Waals surface area contributed by atoms with Gasteiger partial charge in [-0.2, -0.15) is 0 Å². The zero-order chi connectivity index (χ0) is 26.6. The first kappa shape index (κ1) is 24.8. The molecule has 0 aliphatic rings. The van der Waals surface area contributed by atoms with Crippen molar-refractivity contribution in [1.82, 2.24) is 9.97 Å². The minimum Gasteiger partial charge on any atom is -0.496 e. The Morgan fingerprint density at radius 3 is 1.89 bits per heavy atom. The quantitative estimate of drug-likeness (QED) is 0.233. The maximum absolute atomic E-state index is 13.3.